The van der Waals surface area contributed by atoms with Crippen molar-refractivity contribution in [1.82, 2.24) is 4.90 Å². The van der Waals surface area contributed by atoms with E-state index in [1.54, 1.807) is 0 Å². The molecule has 0 saturated carbocycles. The summed E-state index contributed by atoms with van der Waals surface area (Å²) >= 11 is 0. The summed E-state index contributed by atoms with van der Waals surface area (Å²) < 4.78 is 5.57. The quantitative estimate of drug-likeness (QED) is 0.914. The van der Waals surface area contributed by atoms with Gasteiger partial charge in [-0.1, -0.05) is 25.1 Å². The second kappa shape index (κ2) is 7.39. The molecule has 0 aliphatic carbocycles. The largest absolute Gasteiger partial charge is 0.494 e. The minimum atomic E-state index is -0.0456. The van der Waals surface area contributed by atoms with Crippen molar-refractivity contribution < 1.29 is 9.53 Å². The number of urea groups is 1. The SMILES string of the molecule is CCOc1ccc2c(c1)CN(C(=O)Nc1cccc(CC)c1)CC2. The van der Waals surface area contributed by atoms with E-state index in [-0.39, 0.29) is 6.03 Å². The van der Waals surface area contributed by atoms with E-state index in [0.29, 0.717) is 13.2 Å². The summed E-state index contributed by atoms with van der Waals surface area (Å²) in [5.74, 6) is 0.870. The first kappa shape index (κ1) is 16.4. The summed E-state index contributed by atoms with van der Waals surface area (Å²) in [5, 5.41) is 3.01. The molecule has 126 valence electrons. The highest BCUT2D eigenvalue weighted by molar-refractivity contribution is 5.89. The Kier molecular flexibility index (Phi) is 5.04. The number of amides is 2. The van der Waals surface area contributed by atoms with Crippen LogP contribution in [0, 0.1) is 0 Å². The Morgan fingerprint density at radius 2 is 2.04 bits per heavy atom. The highest BCUT2D eigenvalue weighted by Gasteiger charge is 2.21. The molecule has 0 bridgehead atoms. The van der Waals surface area contributed by atoms with E-state index in [9.17, 15) is 4.79 Å². The van der Waals surface area contributed by atoms with Gasteiger partial charge in [0.2, 0.25) is 0 Å². The number of hydrogen-bond donors (Lipinski definition) is 1. The third-order valence-corrected chi connectivity index (χ3v) is 4.37. The monoisotopic (exact) mass is 324 g/mol. The van der Waals surface area contributed by atoms with Crippen molar-refractivity contribution in [2.75, 3.05) is 18.5 Å². The molecule has 1 aliphatic heterocycles. The van der Waals surface area contributed by atoms with Gasteiger partial charge in [0.25, 0.3) is 0 Å². The first-order valence-electron chi connectivity index (χ1n) is 8.59. The van der Waals surface area contributed by atoms with E-state index in [1.165, 1.54) is 16.7 Å². The molecule has 0 atom stereocenters. The van der Waals surface area contributed by atoms with E-state index >= 15 is 0 Å². The summed E-state index contributed by atoms with van der Waals surface area (Å²) in [6.07, 6.45) is 1.84. The summed E-state index contributed by atoms with van der Waals surface area (Å²) in [7, 11) is 0. The Hall–Kier alpha value is -2.49. The van der Waals surface area contributed by atoms with E-state index in [1.807, 2.05) is 36.1 Å². The van der Waals surface area contributed by atoms with Crippen molar-refractivity contribution in [3.8, 4) is 5.75 Å². The Bertz CT molecular complexity index is 727. The maximum atomic E-state index is 12.6. The number of benzene rings is 2. The van der Waals surface area contributed by atoms with Crippen LogP contribution in [0.4, 0.5) is 10.5 Å². The third kappa shape index (κ3) is 3.70. The van der Waals surface area contributed by atoms with Gasteiger partial charge in [-0.15, -0.1) is 0 Å². The van der Waals surface area contributed by atoms with Crippen LogP contribution in [-0.4, -0.2) is 24.1 Å². The molecule has 24 heavy (non-hydrogen) atoms. The molecule has 0 fully saturated rings. The van der Waals surface area contributed by atoms with Gasteiger partial charge in [0.15, 0.2) is 0 Å². The number of fused-ring (bicyclic) bond motifs is 1. The van der Waals surface area contributed by atoms with Crippen molar-refractivity contribution in [2.45, 2.75) is 33.2 Å². The molecule has 0 aromatic heterocycles. The zero-order valence-electron chi connectivity index (χ0n) is 14.3. The lowest BCUT2D eigenvalue weighted by molar-refractivity contribution is 0.206. The van der Waals surface area contributed by atoms with Crippen LogP contribution in [0.25, 0.3) is 0 Å². The number of ether oxygens (including phenoxy) is 1. The zero-order chi connectivity index (χ0) is 16.9. The average Bonchev–Trinajstić information content (AvgIpc) is 2.61. The minimum Gasteiger partial charge on any atom is -0.494 e. The van der Waals surface area contributed by atoms with Crippen molar-refractivity contribution in [2.24, 2.45) is 0 Å². The van der Waals surface area contributed by atoms with E-state index in [4.69, 9.17) is 4.74 Å². The van der Waals surface area contributed by atoms with Gasteiger partial charge in [-0.25, -0.2) is 4.79 Å². The van der Waals surface area contributed by atoms with Crippen LogP contribution in [0.2, 0.25) is 0 Å². The topological polar surface area (TPSA) is 41.6 Å². The zero-order valence-corrected chi connectivity index (χ0v) is 14.3. The maximum absolute atomic E-state index is 12.6. The van der Waals surface area contributed by atoms with Gasteiger partial charge in [0.1, 0.15) is 5.75 Å². The van der Waals surface area contributed by atoms with Crippen LogP contribution in [0.1, 0.15) is 30.5 Å². The van der Waals surface area contributed by atoms with Gasteiger partial charge >= 0.3 is 6.03 Å². The number of nitrogens with zero attached hydrogens (tertiary/aromatic N) is 1. The lowest BCUT2D eigenvalue weighted by Gasteiger charge is -2.29. The molecule has 4 nitrogen and oxygen atoms in total. The van der Waals surface area contributed by atoms with Crippen molar-refractivity contribution in [3.05, 3.63) is 59.2 Å². The van der Waals surface area contributed by atoms with Crippen LogP contribution in [0.5, 0.6) is 5.75 Å². The fraction of sp³-hybridized carbons (Fsp3) is 0.350. The van der Waals surface area contributed by atoms with Crippen LogP contribution in [0.3, 0.4) is 0 Å². The molecule has 2 amide bonds. The molecule has 2 aromatic carbocycles. The number of rotatable bonds is 4. The highest BCUT2D eigenvalue weighted by atomic mass is 16.5. The van der Waals surface area contributed by atoms with Gasteiger partial charge in [-0.2, -0.15) is 0 Å². The maximum Gasteiger partial charge on any atom is 0.322 e. The molecular formula is C20H24N2O2. The van der Waals surface area contributed by atoms with Crippen LogP contribution in [-0.2, 0) is 19.4 Å². The van der Waals surface area contributed by atoms with Crippen molar-refractivity contribution in [1.29, 1.82) is 0 Å². The molecule has 4 heteroatoms. The van der Waals surface area contributed by atoms with E-state index < -0.39 is 0 Å². The minimum absolute atomic E-state index is 0.0456. The second-order valence-electron chi connectivity index (χ2n) is 6.02. The number of aryl methyl sites for hydroxylation is 1. The molecule has 2 aromatic rings. The summed E-state index contributed by atoms with van der Waals surface area (Å²) in [4.78, 5) is 14.4. The second-order valence-corrected chi connectivity index (χ2v) is 6.02. The van der Waals surface area contributed by atoms with E-state index in [0.717, 1.165) is 30.8 Å². The summed E-state index contributed by atoms with van der Waals surface area (Å²) in [6, 6.07) is 14.1. The first-order chi connectivity index (χ1) is 11.7. The fourth-order valence-corrected chi connectivity index (χ4v) is 3.03. The number of nitrogens with one attached hydrogen (secondary N) is 1. The highest BCUT2D eigenvalue weighted by Crippen LogP contribution is 2.24. The van der Waals surface area contributed by atoms with Crippen LogP contribution >= 0.6 is 0 Å². The van der Waals surface area contributed by atoms with Crippen molar-refractivity contribution in [3.63, 3.8) is 0 Å². The predicted octanol–water partition coefficient (Wildman–Crippen LogP) is 4.24. The van der Waals surface area contributed by atoms with E-state index in [2.05, 4.69) is 30.4 Å². The van der Waals surface area contributed by atoms with Gasteiger partial charge < -0.3 is 15.0 Å². The predicted molar refractivity (Wildman–Crippen MR) is 96.6 cm³/mol. The molecule has 0 saturated heterocycles. The Morgan fingerprint density at radius 3 is 2.83 bits per heavy atom. The van der Waals surface area contributed by atoms with Gasteiger partial charge in [0, 0.05) is 18.8 Å². The third-order valence-electron chi connectivity index (χ3n) is 4.37. The van der Waals surface area contributed by atoms with Crippen LogP contribution in [0.15, 0.2) is 42.5 Å². The molecule has 1 aliphatic rings. The fourth-order valence-electron chi connectivity index (χ4n) is 3.03. The van der Waals surface area contributed by atoms with Crippen molar-refractivity contribution >= 4 is 11.7 Å². The number of carbonyl (C=O) groups excluding carboxylic acids is 1. The standard InChI is InChI=1S/C20H24N2O2/c1-3-15-6-5-7-18(12-15)21-20(23)22-11-10-16-8-9-19(24-4-2)13-17(16)14-22/h5-9,12-13H,3-4,10-11,14H2,1-2H3,(H,21,23). The number of hydrogen-bond acceptors (Lipinski definition) is 2. The van der Waals surface area contributed by atoms with Crippen LogP contribution < -0.4 is 10.1 Å². The molecule has 0 spiro atoms. The molecular weight excluding hydrogens is 300 g/mol. The molecule has 0 unspecified atom stereocenters. The Morgan fingerprint density at radius 1 is 1.17 bits per heavy atom. The average molecular weight is 324 g/mol. The Labute approximate surface area is 143 Å². The molecule has 1 N–H and O–H groups in total. The summed E-state index contributed by atoms with van der Waals surface area (Å²) in [5.41, 5.74) is 4.55. The molecule has 0 radical (unpaired) electrons. The normalized spacial score (nSPS) is 13.3. The summed E-state index contributed by atoms with van der Waals surface area (Å²) in [6.45, 7) is 6.09. The molecule has 1 heterocycles. The molecule has 3 rings (SSSR count). The van der Waals surface area contributed by atoms with Gasteiger partial charge in [-0.3, -0.25) is 0 Å². The first-order valence-corrected chi connectivity index (χ1v) is 8.59. The number of carbonyl (C=O) groups is 1. The smallest absolute Gasteiger partial charge is 0.322 e. The van der Waals surface area contributed by atoms with Gasteiger partial charge in [0.05, 0.1) is 6.61 Å². The Balaban J connectivity index is 1.69. The van der Waals surface area contributed by atoms with Gasteiger partial charge in [-0.05, 0) is 60.7 Å². The lowest BCUT2D eigenvalue weighted by Crippen LogP contribution is -2.38. The number of anilines is 1. The lowest BCUT2D eigenvalue weighted by atomic mass is 10.00.